The highest BCUT2D eigenvalue weighted by atomic mass is 19.1. The first-order chi connectivity index (χ1) is 17.6. The van der Waals surface area contributed by atoms with E-state index < -0.39 is 11.6 Å². The number of carbonyl (C=O) groups excluding carboxylic acids is 1. The molecule has 0 aliphatic heterocycles. The Bertz CT molecular complexity index is 896. The van der Waals surface area contributed by atoms with Crippen molar-refractivity contribution in [3.8, 4) is 11.5 Å². The largest absolute Gasteiger partial charge is 0.494 e. The molecule has 5 heteroatoms. The van der Waals surface area contributed by atoms with E-state index in [-0.39, 0.29) is 5.92 Å². The van der Waals surface area contributed by atoms with Gasteiger partial charge in [0, 0.05) is 12.5 Å². The summed E-state index contributed by atoms with van der Waals surface area (Å²) in [5.41, 5.74) is -0.349. The lowest BCUT2D eigenvalue weighted by molar-refractivity contribution is 0.0734. The fourth-order valence-electron chi connectivity index (χ4n) is 4.43. The third-order valence-electron chi connectivity index (χ3n) is 6.89. The van der Waals surface area contributed by atoms with Crippen LogP contribution >= 0.6 is 0 Å². The second-order valence-electron chi connectivity index (χ2n) is 9.95. The number of esters is 1. The number of rotatable bonds is 18. The zero-order chi connectivity index (χ0) is 25.6. The minimum Gasteiger partial charge on any atom is -0.494 e. The molecular weight excluding hydrogens is 455 g/mol. The number of ether oxygens (including phenoxy) is 3. The molecule has 3 rings (SSSR count). The second-order valence-corrected chi connectivity index (χ2v) is 9.95. The Morgan fingerprint density at radius 2 is 1.39 bits per heavy atom. The van der Waals surface area contributed by atoms with E-state index in [1.165, 1.54) is 44.9 Å². The molecule has 2 aromatic rings. The highest BCUT2D eigenvalue weighted by molar-refractivity contribution is 5.91. The van der Waals surface area contributed by atoms with Crippen LogP contribution in [0.2, 0.25) is 0 Å². The van der Waals surface area contributed by atoms with E-state index in [4.69, 9.17) is 14.2 Å². The summed E-state index contributed by atoms with van der Waals surface area (Å²) in [6.07, 6.45) is 12.4. The van der Waals surface area contributed by atoms with E-state index in [2.05, 4.69) is 13.8 Å². The molecule has 0 radical (unpaired) electrons. The molecule has 2 unspecified atom stereocenters. The van der Waals surface area contributed by atoms with Crippen LogP contribution < -0.4 is 9.47 Å². The Balaban J connectivity index is 1.38. The molecule has 1 aliphatic rings. The van der Waals surface area contributed by atoms with Crippen molar-refractivity contribution in [2.75, 3.05) is 19.8 Å². The molecule has 36 heavy (non-hydrogen) atoms. The molecule has 4 nitrogen and oxygen atoms in total. The SMILES string of the molecule is CCCCCCCCOc1ccc(OC(=O)c2ccc(C3(F)CC3COCCCCCC)cc2)cc1. The lowest BCUT2D eigenvalue weighted by atomic mass is 10.0. The molecular formula is C31H43FO4. The third kappa shape index (κ3) is 8.92. The zero-order valence-electron chi connectivity index (χ0n) is 22.1. The molecule has 0 spiro atoms. The van der Waals surface area contributed by atoms with Crippen molar-refractivity contribution in [2.24, 2.45) is 5.92 Å². The molecule has 0 N–H and O–H groups in total. The fraction of sp³-hybridized carbons (Fsp3) is 0.581. The molecule has 198 valence electrons. The summed E-state index contributed by atoms with van der Waals surface area (Å²) in [7, 11) is 0. The van der Waals surface area contributed by atoms with Crippen LogP contribution in [-0.2, 0) is 10.4 Å². The van der Waals surface area contributed by atoms with Gasteiger partial charge >= 0.3 is 5.97 Å². The van der Waals surface area contributed by atoms with Crippen molar-refractivity contribution in [1.29, 1.82) is 0 Å². The van der Waals surface area contributed by atoms with Gasteiger partial charge in [-0.15, -0.1) is 0 Å². The van der Waals surface area contributed by atoms with Gasteiger partial charge < -0.3 is 14.2 Å². The van der Waals surface area contributed by atoms with Gasteiger partial charge in [-0.2, -0.15) is 0 Å². The van der Waals surface area contributed by atoms with Gasteiger partial charge in [-0.3, -0.25) is 0 Å². The number of halogens is 1. The van der Waals surface area contributed by atoms with Gasteiger partial charge in [-0.1, -0.05) is 77.3 Å². The van der Waals surface area contributed by atoms with Gasteiger partial charge in [0.05, 0.1) is 18.8 Å². The normalized spacial score (nSPS) is 18.7. The Morgan fingerprint density at radius 1 is 0.806 bits per heavy atom. The van der Waals surface area contributed by atoms with Gasteiger partial charge in [0.2, 0.25) is 0 Å². The van der Waals surface area contributed by atoms with Gasteiger partial charge in [-0.05, 0) is 61.2 Å². The molecule has 0 heterocycles. The van der Waals surface area contributed by atoms with Crippen LogP contribution in [0.15, 0.2) is 48.5 Å². The first-order valence-corrected chi connectivity index (χ1v) is 13.9. The zero-order valence-corrected chi connectivity index (χ0v) is 22.1. The molecule has 0 amide bonds. The van der Waals surface area contributed by atoms with Crippen molar-refractivity contribution in [1.82, 2.24) is 0 Å². The molecule has 2 atom stereocenters. The molecule has 1 saturated carbocycles. The summed E-state index contributed by atoms with van der Waals surface area (Å²) >= 11 is 0. The quantitative estimate of drug-likeness (QED) is 0.118. The van der Waals surface area contributed by atoms with Crippen LogP contribution in [-0.4, -0.2) is 25.8 Å². The van der Waals surface area contributed by atoms with Crippen LogP contribution in [0.5, 0.6) is 11.5 Å². The van der Waals surface area contributed by atoms with Gasteiger partial charge in [0.1, 0.15) is 17.2 Å². The average Bonchev–Trinajstić information content (AvgIpc) is 3.57. The fourth-order valence-corrected chi connectivity index (χ4v) is 4.43. The molecule has 0 aromatic heterocycles. The van der Waals surface area contributed by atoms with Crippen molar-refractivity contribution < 1.29 is 23.4 Å². The predicted octanol–water partition coefficient (Wildman–Crippen LogP) is 8.43. The number of unbranched alkanes of at least 4 members (excludes halogenated alkanes) is 8. The molecule has 0 bridgehead atoms. The number of hydrogen-bond acceptors (Lipinski definition) is 4. The first-order valence-electron chi connectivity index (χ1n) is 13.9. The van der Waals surface area contributed by atoms with E-state index in [0.717, 1.165) is 25.0 Å². The minimum atomic E-state index is -1.35. The summed E-state index contributed by atoms with van der Waals surface area (Å²) in [5, 5.41) is 0. The first kappa shape index (κ1) is 28.2. The van der Waals surface area contributed by atoms with Crippen LogP contribution in [0.1, 0.15) is 100 Å². The summed E-state index contributed by atoms with van der Waals surface area (Å²) in [6, 6.07) is 13.8. The molecule has 0 saturated heterocycles. The Kier molecular flexibility index (Phi) is 11.7. The third-order valence-corrected chi connectivity index (χ3v) is 6.89. The Morgan fingerprint density at radius 3 is 2.08 bits per heavy atom. The Hall–Kier alpha value is -2.40. The summed E-state index contributed by atoms with van der Waals surface area (Å²) in [4.78, 5) is 12.5. The summed E-state index contributed by atoms with van der Waals surface area (Å²) in [5.74, 6) is 0.655. The van der Waals surface area contributed by atoms with E-state index in [0.29, 0.717) is 43.1 Å². The number of benzene rings is 2. The monoisotopic (exact) mass is 498 g/mol. The predicted molar refractivity (Wildman–Crippen MR) is 143 cm³/mol. The number of hydrogen-bond donors (Lipinski definition) is 0. The van der Waals surface area contributed by atoms with E-state index in [9.17, 15) is 4.79 Å². The van der Waals surface area contributed by atoms with Crippen LogP contribution in [0.25, 0.3) is 0 Å². The minimum absolute atomic E-state index is 0.108. The van der Waals surface area contributed by atoms with E-state index >= 15 is 4.39 Å². The van der Waals surface area contributed by atoms with Crippen molar-refractivity contribution in [2.45, 2.75) is 90.1 Å². The van der Waals surface area contributed by atoms with Crippen molar-refractivity contribution in [3.05, 3.63) is 59.7 Å². The van der Waals surface area contributed by atoms with Gasteiger partial charge in [0.25, 0.3) is 0 Å². The average molecular weight is 499 g/mol. The maximum Gasteiger partial charge on any atom is 0.343 e. The lowest BCUT2D eigenvalue weighted by Crippen LogP contribution is -2.11. The summed E-state index contributed by atoms with van der Waals surface area (Å²) in [6.45, 7) is 6.24. The van der Waals surface area contributed by atoms with Gasteiger partial charge in [0.15, 0.2) is 0 Å². The maximum absolute atomic E-state index is 15.2. The molecule has 1 fully saturated rings. The van der Waals surface area contributed by atoms with E-state index in [1.54, 1.807) is 36.4 Å². The highest BCUT2D eigenvalue weighted by Gasteiger charge is 2.56. The van der Waals surface area contributed by atoms with Crippen LogP contribution in [0.3, 0.4) is 0 Å². The van der Waals surface area contributed by atoms with Crippen molar-refractivity contribution >= 4 is 5.97 Å². The van der Waals surface area contributed by atoms with Crippen LogP contribution in [0.4, 0.5) is 4.39 Å². The molecule has 2 aromatic carbocycles. The smallest absolute Gasteiger partial charge is 0.343 e. The van der Waals surface area contributed by atoms with Crippen molar-refractivity contribution in [3.63, 3.8) is 0 Å². The molecule has 1 aliphatic carbocycles. The van der Waals surface area contributed by atoms with Gasteiger partial charge in [-0.25, -0.2) is 9.18 Å². The van der Waals surface area contributed by atoms with E-state index in [1.807, 2.05) is 12.1 Å². The topological polar surface area (TPSA) is 44.8 Å². The Labute approximate surface area is 216 Å². The highest BCUT2D eigenvalue weighted by Crippen LogP contribution is 2.55. The van der Waals surface area contributed by atoms with Crippen LogP contribution in [0, 0.1) is 5.92 Å². The second kappa shape index (κ2) is 15.0. The summed E-state index contributed by atoms with van der Waals surface area (Å²) < 4.78 is 32.2. The standard InChI is InChI=1S/C31H43FO4/c1-3-5-7-9-10-12-22-35-28-17-19-29(20-18-28)36-30(33)25-13-15-26(16-14-25)31(32)23-27(31)24-34-21-11-8-6-4-2/h13-20,27H,3-12,21-24H2,1-2H3. The lowest BCUT2D eigenvalue weighted by Gasteiger charge is -2.11. The number of alkyl halides is 1. The number of carbonyl (C=O) groups is 1. The maximum atomic E-state index is 15.2.